The van der Waals surface area contributed by atoms with Gasteiger partial charge in [0.25, 0.3) is 0 Å². The lowest BCUT2D eigenvalue weighted by Crippen LogP contribution is -2.54. The number of benzene rings is 1. The molecule has 1 aromatic carbocycles. The summed E-state index contributed by atoms with van der Waals surface area (Å²) < 4.78 is 5.96. The molecule has 0 bridgehead atoms. The van der Waals surface area contributed by atoms with E-state index in [9.17, 15) is 10.2 Å². The second-order valence-electron chi connectivity index (χ2n) is 8.37. The van der Waals surface area contributed by atoms with Crippen LogP contribution in [0.15, 0.2) is 29.8 Å². The molecule has 1 aromatic rings. The van der Waals surface area contributed by atoms with Gasteiger partial charge in [0.15, 0.2) is 0 Å². The zero-order chi connectivity index (χ0) is 17.8. The van der Waals surface area contributed by atoms with Gasteiger partial charge < -0.3 is 14.9 Å². The number of ether oxygens (including phenoxy) is 1. The Kier molecular flexibility index (Phi) is 4.18. The number of rotatable bonds is 2. The highest BCUT2D eigenvalue weighted by molar-refractivity contribution is 6.25. The molecule has 3 nitrogen and oxygen atoms in total. The Bertz CT molecular complexity index is 702. The molecule has 0 radical (unpaired) electrons. The molecule has 4 rings (SSSR count). The summed E-state index contributed by atoms with van der Waals surface area (Å²) in [4.78, 5) is 0. The summed E-state index contributed by atoms with van der Waals surface area (Å²) in [6, 6.07) is 5.78. The van der Waals surface area contributed by atoms with Crippen LogP contribution in [0.2, 0.25) is 0 Å². The van der Waals surface area contributed by atoms with E-state index >= 15 is 0 Å². The zero-order valence-corrected chi connectivity index (χ0v) is 15.7. The van der Waals surface area contributed by atoms with Gasteiger partial charge in [-0.05, 0) is 73.3 Å². The molecule has 2 saturated carbocycles. The number of aliphatic hydroxyl groups is 1. The Morgan fingerprint density at radius 2 is 2.12 bits per heavy atom. The summed E-state index contributed by atoms with van der Waals surface area (Å²) in [6.07, 6.45) is 6.55. The van der Waals surface area contributed by atoms with Crippen molar-refractivity contribution in [2.24, 2.45) is 17.3 Å². The number of aromatic hydroxyl groups is 1. The Morgan fingerprint density at radius 1 is 1.32 bits per heavy atom. The van der Waals surface area contributed by atoms with Crippen LogP contribution in [0.25, 0.3) is 0 Å². The van der Waals surface area contributed by atoms with Crippen LogP contribution in [0.5, 0.6) is 5.75 Å². The van der Waals surface area contributed by atoms with E-state index in [0.29, 0.717) is 23.5 Å². The number of halogens is 1. The summed E-state index contributed by atoms with van der Waals surface area (Å²) in [5, 5.41) is 21.2. The van der Waals surface area contributed by atoms with Crippen LogP contribution in [0.3, 0.4) is 0 Å². The van der Waals surface area contributed by atoms with Crippen molar-refractivity contribution in [1.29, 1.82) is 0 Å². The quantitative estimate of drug-likeness (QED) is 0.822. The maximum absolute atomic E-state index is 11.3. The number of hydrogen-bond donors (Lipinski definition) is 2. The molecule has 4 heteroatoms. The molecule has 0 amide bonds. The van der Waals surface area contributed by atoms with Crippen LogP contribution in [0, 0.1) is 17.3 Å². The lowest BCUT2D eigenvalue weighted by Gasteiger charge is -2.55. The fourth-order valence-electron chi connectivity index (χ4n) is 6.26. The Hall–Kier alpha value is -1.03. The van der Waals surface area contributed by atoms with Crippen molar-refractivity contribution in [3.05, 3.63) is 40.9 Å². The van der Waals surface area contributed by atoms with Crippen molar-refractivity contribution in [2.75, 3.05) is 7.11 Å². The van der Waals surface area contributed by atoms with E-state index < -0.39 is 5.60 Å². The lowest BCUT2D eigenvalue weighted by atomic mass is 9.52. The van der Waals surface area contributed by atoms with E-state index in [0.717, 1.165) is 32.1 Å². The fourth-order valence-corrected chi connectivity index (χ4v) is 6.47. The molecule has 0 spiro atoms. The van der Waals surface area contributed by atoms with Gasteiger partial charge in [0.1, 0.15) is 5.75 Å². The molecule has 25 heavy (non-hydrogen) atoms. The average molecular weight is 363 g/mol. The van der Waals surface area contributed by atoms with E-state index in [-0.39, 0.29) is 11.5 Å². The highest BCUT2D eigenvalue weighted by Crippen LogP contribution is 2.65. The van der Waals surface area contributed by atoms with E-state index in [2.05, 4.69) is 13.0 Å². The SMILES string of the molecule is CO[C@H]1C[C@@]2(C)[C@@H](CC[C@@]2(O)/C=C/Cl)[C@@H]2CCc3cc(O)ccc3[C@H]21. The molecule has 3 aliphatic carbocycles. The van der Waals surface area contributed by atoms with E-state index in [1.54, 1.807) is 19.3 Å². The smallest absolute Gasteiger partial charge is 0.115 e. The first-order valence-corrected chi connectivity index (χ1v) is 9.72. The number of phenolic OH excluding ortho intramolecular Hbond substituents is 1. The molecule has 2 N–H and O–H groups in total. The Labute approximate surface area is 154 Å². The van der Waals surface area contributed by atoms with Gasteiger partial charge in [0.05, 0.1) is 11.7 Å². The van der Waals surface area contributed by atoms with Crippen LogP contribution in [0.1, 0.15) is 49.7 Å². The summed E-state index contributed by atoms with van der Waals surface area (Å²) in [7, 11) is 1.78. The molecular formula is C21H27ClO3. The molecule has 3 aliphatic rings. The van der Waals surface area contributed by atoms with Crippen molar-refractivity contribution < 1.29 is 14.9 Å². The largest absolute Gasteiger partial charge is 0.508 e. The van der Waals surface area contributed by atoms with Crippen LogP contribution in [0.4, 0.5) is 0 Å². The standard InChI is InChI=1S/C21H27ClO3/c1-20-12-18(25-2)19-15-6-4-14(23)11-13(15)3-5-16(19)17(20)7-8-21(20,24)9-10-22/h4,6,9-11,16-19,23-24H,3,5,7-8,12H2,1-2H3/b10-9+/t16-,17-,18-,19+,20-,21+/m0/s1. The van der Waals surface area contributed by atoms with Gasteiger partial charge in [-0.1, -0.05) is 24.6 Å². The number of aryl methyl sites for hydroxylation is 1. The van der Waals surface area contributed by atoms with Crippen LogP contribution >= 0.6 is 11.6 Å². The Morgan fingerprint density at radius 3 is 2.84 bits per heavy atom. The number of phenols is 1. The number of methoxy groups -OCH3 is 1. The van der Waals surface area contributed by atoms with Gasteiger partial charge in [-0.3, -0.25) is 0 Å². The van der Waals surface area contributed by atoms with Crippen molar-refractivity contribution in [2.45, 2.75) is 56.7 Å². The third-order valence-electron chi connectivity index (χ3n) is 7.52. The third-order valence-corrected chi connectivity index (χ3v) is 7.65. The predicted octanol–water partition coefficient (Wildman–Crippen LogP) is 4.36. The van der Waals surface area contributed by atoms with Crippen LogP contribution in [-0.2, 0) is 11.2 Å². The molecule has 0 aliphatic heterocycles. The van der Waals surface area contributed by atoms with Gasteiger partial charge in [0.2, 0.25) is 0 Å². The molecular weight excluding hydrogens is 336 g/mol. The maximum Gasteiger partial charge on any atom is 0.115 e. The fraction of sp³-hybridized carbons (Fsp3) is 0.619. The minimum Gasteiger partial charge on any atom is -0.508 e. The zero-order valence-electron chi connectivity index (χ0n) is 14.9. The minimum absolute atomic E-state index is 0.0724. The highest BCUT2D eigenvalue weighted by atomic mass is 35.5. The highest BCUT2D eigenvalue weighted by Gasteiger charge is 2.63. The van der Waals surface area contributed by atoms with Gasteiger partial charge in [-0.25, -0.2) is 0 Å². The number of hydrogen-bond acceptors (Lipinski definition) is 3. The lowest BCUT2D eigenvalue weighted by molar-refractivity contribution is -0.120. The maximum atomic E-state index is 11.3. The molecule has 0 saturated heterocycles. The number of fused-ring (bicyclic) bond motifs is 5. The molecule has 0 aromatic heterocycles. The summed E-state index contributed by atoms with van der Waals surface area (Å²) >= 11 is 5.86. The predicted molar refractivity (Wildman–Crippen MR) is 98.8 cm³/mol. The van der Waals surface area contributed by atoms with Crippen molar-refractivity contribution in [1.82, 2.24) is 0 Å². The van der Waals surface area contributed by atoms with Crippen molar-refractivity contribution >= 4 is 11.6 Å². The molecule has 6 atom stereocenters. The summed E-state index contributed by atoms with van der Waals surface area (Å²) in [5.41, 5.74) is 2.98. The topological polar surface area (TPSA) is 49.7 Å². The molecule has 0 unspecified atom stereocenters. The van der Waals surface area contributed by atoms with E-state index in [1.807, 2.05) is 6.07 Å². The molecule has 136 valence electrons. The summed E-state index contributed by atoms with van der Waals surface area (Å²) in [6.45, 7) is 2.22. The van der Waals surface area contributed by atoms with Gasteiger partial charge in [-0.15, -0.1) is 0 Å². The van der Waals surface area contributed by atoms with Gasteiger partial charge in [-0.2, -0.15) is 0 Å². The van der Waals surface area contributed by atoms with Gasteiger partial charge in [0, 0.05) is 24.0 Å². The van der Waals surface area contributed by atoms with Crippen LogP contribution in [-0.4, -0.2) is 29.0 Å². The second kappa shape index (κ2) is 6.00. The minimum atomic E-state index is -0.851. The molecule has 0 heterocycles. The third kappa shape index (κ3) is 2.39. The van der Waals surface area contributed by atoms with Crippen LogP contribution < -0.4 is 0 Å². The van der Waals surface area contributed by atoms with E-state index in [4.69, 9.17) is 16.3 Å². The normalized spacial score (nSPS) is 42.9. The molecule has 2 fully saturated rings. The summed E-state index contributed by atoms with van der Waals surface area (Å²) in [5.74, 6) is 1.64. The van der Waals surface area contributed by atoms with Crippen molar-refractivity contribution in [3.8, 4) is 5.75 Å². The first kappa shape index (κ1) is 17.4. The Balaban J connectivity index is 1.78. The second-order valence-corrected chi connectivity index (χ2v) is 8.62. The average Bonchev–Trinajstić information content (AvgIpc) is 2.85. The first-order chi connectivity index (χ1) is 11.9. The van der Waals surface area contributed by atoms with Crippen molar-refractivity contribution in [3.63, 3.8) is 0 Å². The van der Waals surface area contributed by atoms with E-state index in [1.165, 1.54) is 16.7 Å². The first-order valence-electron chi connectivity index (χ1n) is 9.28. The van der Waals surface area contributed by atoms with Gasteiger partial charge >= 0.3 is 0 Å². The monoisotopic (exact) mass is 362 g/mol.